The Morgan fingerprint density at radius 1 is 1.05 bits per heavy atom. The predicted octanol–water partition coefficient (Wildman–Crippen LogP) is 3.68. The fourth-order valence-corrected chi connectivity index (χ4v) is 2.29. The molecule has 0 saturated carbocycles. The maximum atomic E-state index is 11.9. The van der Waals surface area contributed by atoms with Gasteiger partial charge < -0.3 is 4.42 Å². The predicted molar refractivity (Wildman–Crippen MR) is 85.8 cm³/mol. The van der Waals surface area contributed by atoms with E-state index in [2.05, 4.69) is 18.9 Å². The smallest absolute Gasteiger partial charge is 0.388 e. The Morgan fingerprint density at radius 2 is 1.73 bits per heavy atom. The van der Waals surface area contributed by atoms with Crippen molar-refractivity contribution in [2.24, 2.45) is 0 Å². The van der Waals surface area contributed by atoms with Crippen LogP contribution in [0.3, 0.4) is 0 Å². The summed E-state index contributed by atoms with van der Waals surface area (Å²) in [6.07, 6.45) is 0. The van der Waals surface area contributed by atoms with Crippen LogP contribution in [0.25, 0.3) is 11.5 Å². The molecule has 2 aromatic carbocycles. The summed E-state index contributed by atoms with van der Waals surface area (Å²) in [4.78, 5) is 11.9. The van der Waals surface area contributed by atoms with Crippen LogP contribution >= 0.6 is 0 Å². The number of nitrogens with zero attached hydrogens (tertiary/aromatic N) is 2. The van der Waals surface area contributed by atoms with Crippen molar-refractivity contribution >= 4 is 0 Å². The maximum absolute atomic E-state index is 11.9. The fourth-order valence-electron chi connectivity index (χ4n) is 2.29. The lowest BCUT2D eigenvalue weighted by atomic mass is 10.0. The standard InChI is InChI=1S/C18H18N2O2/c1-13(2)15-8-10-16(11-9-15)17-19-20(18(21)22-17)12-14-6-4-3-5-7-14/h3-11,13H,12H2,1-2H3. The number of aromatic nitrogens is 2. The van der Waals surface area contributed by atoms with Crippen LogP contribution < -0.4 is 5.76 Å². The van der Waals surface area contributed by atoms with Crippen LogP contribution in [0.1, 0.15) is 30.9 Å². The lowest BCUT2D eigenvalue weighted by Gasteiger charge is -2.04. The van der Waals surface area contributed by atoms with Gasteiger partial charge in [0.1, 0.15) is 0 Å². The van der Waals surface area contributed by atoms with Crippen molar-refractivity contribution in [1.82, 2.24) is 9.78 Å². The Bertz CT molecular complexity index is 799. The van der Waals surface area contributed by atoms with Gasteiger partial charge in [-0.3, -0.25) is 0 Å². The molecule has 3 rings (SSSR count). The highest BCUT2D eigenvalue weighted by Gasteiger charge is 2.11. The summed E-state index contributed by atoms with van der Waals surface area (Å²) in [5.41, 5.74) is 3.07. The van der Waals surface area contributed by atoms with E-state index in [9.17, 15) is 4.79 Å². The van der Waals surface area contributed by atoms with Gasteiger partial charge in [-0.15, -0.1) is 5.10 Å². The molecule has 0 amide bonds. The van der Waals surface area contributed by atoms with E-state index in [1.165, 1.54) is 10.2 Å². The molecule has 0 bridgehead atoms. The monoisotopic (exact) mass is 294 g/mol. The lowest BCUT2D eigenvalue weighted by molar-refractivity contribution is 0.495. The van der Waals surface area contributed by atoms with Gasteiger partial charge in [0.05, 0.1) is 6.54 Å². The molecule has 4 heteroatoms. The Morgan fingerprint density at radius 3 is 2.36 bits per heavy atom. The van der Waals surface area contributed by atoms with E-state index in [0.29, 0.717) is 18.4 Å². The molecule has 0 radical (unpaired) electrons. The molecule has 22 heavy (non-hydrogen) atoms. The van der Waals surface area contributed by atoms with Crippen LogP contribution in [-0.2, 0) is 6.54 Å². The molecular weight excluding hydrogens is 276 g/mol. The molecule has 3 aromatic rings. The molecule has 4 nitrogen and oxygen atoms in total. The molecule has 0 N–H and O–H groups in total. The Labute approximate surface area is 129 Å². The van der Waals surface area contributed by atoms with Crippen LogP contribution in [0.15, 0.2) is 63.8 Å². The Hall–Kier alpha value is -2.62. The van der Waals surface area contributed by atoms with E-state index in [1.54, 1.807) is 0 Å². The second-order valence-electron chi connectivity index (χ2n) is 5.59. The highest BCUT2D eigenvalue weighted by molar-refractivity contribution is 5.53. The van der Waals surface area contributed by atoms with Crippen LogP contribution in [0.5, 0.6) is 0 Å². The number of hydrogen-bond acceptors (Lipinski definition) is 3. The molecule has 1 heterocycles. The summed E-state index contributed by atoms with van der Waals surface area (Å²) >= 11 is 0. The molecule has 0 aliphatic heterocycles. The van der Waals surface area contributed by atoms with E-state index in [1.807, 2.05) is 54.6 Å². The van der Waals surface area contributed by atoms with Crippen LogP contribution in [-0.4, -0.2) is 9.78 Å². The molecule has 0 saturated heterocycles. The van der Waals surface area contributed by atoms with E-state index in [4.69, 9.17) is 4.42 Å². The Kier molecular flexibility index (Phi) is 3.92. The maximum Gasteiger partial charge on any atom is 0.437 e. The number of benzene rings is 2. The van der Waals surface area contributed by atoms with Gasteiger partial charge in [0.25, 0.3) is 0 Å². The van der Waals surface area contributed by atoms with Gasteiger partial charge in [0, 0.05) is 5.56 Å². The van der Waals surface area contributed by atoms with E-state index < -0.39 is 5.76 Å². The first-order valence-corrected chi connectivity index (χ1v) is 7.35. The van der Waals surface area contributed by atoms with Gasteiger partial charge in [0.15, 0.2) is 0 Å². The normalized spacial score (nSPS) is 11.0. The third-order valence-electron chi connectivity index (χ3n) is 3.61. The first-order valence-electron chi connectivity index (χ1n) is 7.35. The van der Waals surface area contributed by atoms with Crippen LogP contribution in [0, 0.1) is 0 Å². The zero-order valence-electron chi connectivity index (χ0n) is 12.7. The van der Waals surface area contributed by atoms with Crippen LogP contribution in [0.4, 0.5) is 0 Å². The second-order valence-corrected chi connectivity index (χ2v) is 5.59. The fraction of sp³-hybridized carbons (Fsp3) is 0.222. The third-order valence-corrected chi connectivity index (χ3v) is 3.61. The molecule has 0 spiro atoms. The van der Waals surface area contributed by atoms with Crippen molar-refractivity contribution < 1.29 is 4.42 Å². The number of hydrogen-bond donors (Lipinski definition) is 0. The minimum absolute atomic E-state index is 0.358. The SMILES string of the molecule is CC(C)c1ccc(-c2nn(Cc3ccccc3)c(=O)o2)cc1. The van der Waals surface area contributed by atoms with Crippen molar-refractivity contribution in [3.05, 3.63) is 76.3 Å². The van der Waals surface area contributed by atoms with Crippen molar-refractivity contribution in [1.29, 1.82) is 0 Å². The van der Waals surface area contributed by atoms with E-state index >= 15 is 0 Å². The molecule has 0 aliphatic carbocycles. The minimum atomic E-state index is -0.438. The zero-order valence-corrected chi connectivity index (χ0v) is 12.7. The average Bonchev–Trinajstić information content (AvgIpc) is 2.89. The largest absolute Gasteiger partial charge is 0.437 e. The summed E-state index contributed by atoms with van der Waals surface area (Å²) in [5.74, 6) is 0.389. The van der Waals surface area contributed by atoms with Gasteiger partial charge in [-0.05, 0) is 29.2 Å². The van der Waals surface area contributed by atoms with Crippen molar-refractivity contribution in [3.8, 4) is 11.5 Å². The van der Waals surface area contributed by atoms with Gasteiger partial charge in [-0.25, -0.2) is 4.79 Å². The quantitative estimate of drug-likeness (QED) is 0.737. The van der Waals surface area contributed by atoms with E-state index in [0.717, 1.165) is 11.1 Å². The summed E-state index contributed by atoms with van der Waals surface area (Å²) in [6.45, 7) is 4.70. The van der Waals surface area contributed by atoms with Gasteiger partial charge in [-0.1, -0.05) is 56.3 Å². The average molecular weight is 294 g/mol. The molecule has 0 fully saturated rings. The zero-order chi connectivity index (χ0) is 15.5. The molecular formula is C18H18N2O2. The highest BCUT2D eigenvalue weighted by atomic mass is 16.4. The van der Waals surface area contributed by atoms with Gasteiger partial charge in [-0.2, -0.15) is 4.68 Å². The molecule has 0 unspecified atom stereocenters. The highest BCUT2D eigenvalue weighted by Crippen LogP contribution is 2.20. The molecule has 1 aromatic heterocycles. The van der Waals surface area contributed by atoms with Gasteiger partial charge in [0.2, 0.25) is 5.89 Å². The van der Waals surface area contributed by atoms with Crippen molar-refractivity contribution in [3.63, 3.8) is 0 Å². The van der Waals surface area contributed by atoms with Crippen molar-refractivity contribution in [2.45, 2.75) is 26.3 Å². The lowest BCUT2D eigenvalue weighted by Crippen LogP contribution is -2.16. The first-order chi connectivity index (χ1) is 10.6. The second kappa shape index (κ2) is 6.02. The third kappa shape index (κ3) is 3.01. The summed E-state index contributed by atoms with van der Waals surface area (Å²) in [6, 6.07) is 17.7. The molecule has 0 aliphatic rings. The molecule has 112 valence electrons. The Balaban J connectivity index is 1.87. The summed E-state index contributed by atoms with van der Waals surface area (Å²) < 4.78 is 6.62. The summed E-state index contributed by atoms with van der Waals surface area (Å²) in [7, 11) is 0. The first kappa shape index (κ1) is 14.3. The van der Waals surface area contributed by atoms with Gasteiger partial charge >= 0.3 is 5.76 Å². The minimum Gasteiger partial charge on any atom is -0.388 e. The topological polar surface area (TPSA) is 48.0 Å². The van der Waals surface area contributed by atoms with Crippen LogP contribution in [0.2, 0.25) is 0 Å². The van der Waals surface area contributed by atoms with Crippen molar-refractivity contribution in [2.75, 3.05) is 0 Å². The number of rotatable bonds is 4. The summed E-state index contributed by atoms with van der Waals surface area (Å²) in [5, 5.41) is 4.29. The van der Waals surface area contributed by atoms with E-state index in [-0.39, 0.29) is 0 Å². The molecule has 0 atom stereocenters.